The maximum Gasteiger partial charge on any atom is 0.124 e. The smallest absolute Gasteiger partial charge is 0.124 e. The zero-order valence-electron chi connectivity index (χ0n) is 9.16. The van der Waals surface area contributed by atoms with Crippen LogP contribution in [0.25, 0.3) is 0 Å². The molecule has 1 aromatic rings. The van der Waals surface area contributed by atoms with Gasteiger partial charge in [0.25, 0.3) is 0 Å². The van der Waals surface area contributed by atoms with Crippen LogP contribution in [0.5, 0.6) is 5.75 Å². The Balaban J connectivity index is 2.13. The maximum atomic E-state index is 13.0. The third-order valence-corrected chi connectivity index (χ3v) is 2.73. The van der Waals surface area contributed by atoms with Gasteiger partial charge in [-0.25, -0.2) is 4.39 Å². The molecule has 0 fully saturated rings. The predicted octanol–water partition coefficient (Wildman–Crippen LogP) is 2.77. The van der Waals surface area contributed by atoms with E-state index in [1.54, 1.807) is 6.07 Å². The Bertz CT molecular complexity index is 390. The minimum Gasteiger partial charge on any atom is -0.486 e. The van der Waals surface area contributed by atoms with Crippen molar-refractivity contribution in [3.63, 3.8) is 0 Å². The molecule has 0 bridgehead atoms. The molecule has 86 valence electrons. The molecule has 2 nitrogen and oxygen atoms in total. The second-order valence-corrected chi connectivity index (χ2v) is 3.97. The lowest BCUT2D eigenvalue weighted by atomic mass is 10.1. The highest BCUT2D eigenvalue weighted by atomic mass is 19.1. The summed E-state index contributed by atoms with van der Waals surface area (Å²) in [6.07, 6.45) is 7.56. The van der Waals surface area contributed by atoms with Crippen molar-refractivity contribution >= 4 is 0 Å². The Morgan fingerprint density at radius 1 is 1.44 bits per heavy atom. The van der Waals surface area contributed by atoms with Crippen LogP contribution in [-0.4, -0.2) is 6.10 Å². The minimum absolute atomic E-state index is 0.101. The first-order valence-corrected chi connectivity index (χ1v) is 5.61. The highest BCUT2D eigenvalue weighted by molar-refractivity contribution is 5.34. The molecule has 1 atom stereocenters. The van der Waals surface area contributed by atoms with Gasteiger partial charge in [0.1, 0.15) is 17.7 Å². The van der Waals surface area contributed by atoms with Crippen LogP contribution < -0.4 is 10.5 Å². The lowest BCUT2D eigenvalue weighted by molar-refractivity contribution is 0.227. The molecule has 0 saturated carbocycles. The summed E-state index contributed by atoms with van der Waals surface area (Å²) >= 11 is 0. The quantitative estimate of drug-likeness (QED) is 0.796. The molecule has 16 heavy (non-hydrogen) atoms. The topological polar surface area (TPSA) is 35.2 Å². The van der Waals surface area contributed by atoms with Gasteiger partial charge in [-0.05, 0) is 43.5 Å². The zero-order valence-corrected chi connectivity index (χ0v) is 9.16. The average Bonchev–Trinajstić information content (AvgIpc) is 2.33. The van der Waals surface area contributed by atoms with E-state index in [1.165, 1.54) is 12.1 Å². The normalized spacial score (nSPS) is 19.8. The Labute approximate surface area is 94.9 Å². The lowest BCUT2D eigenvalue weighted by Crippen LogP contribution is -2.17. The summed E-state index contributed by atoms with van der Waals surface area (Å²) in [6.45, 7) is 0.295. The molecular formula is C13H16FNO. The molecule has 0 aliphatic heterocycles. The Morgan fingerprint density at radius 3 is 3.00 bits per heavy atom. The third kappa shape index (κ3) is 2.61. The number of benzene rings is 1. The van der Waals surface area contributed by atoms with Gasteiger partial charge in [-0.3, -0.25) is 0 Å². The summed E-state index contributed by atoms with van der Waals surface area (Å²) in [7, 11) is 0. The molecule has 2 rings (SSSR count). The van der Waals surface area contributed by atoms with E-state index >= 15 is 0 Å². The molecule has 1 aromatic carbocycles. The highest BCUT2D eigenvalue weighted by Crippen LogP contribution is 2.23. The molecule has 3 heteroatoms. The Hall–Kier alpha value is -1.35. The van der Waals surface area contributed by atoms with E-state index in [9.17, 15) is 4.39 Å². The molecule has 1 unspecified atom stereocenters. The maximum absolute atomic E-state index is 13.0. The van der Waals surface area contributed by atoms with Crippen molar-refractivity contribution in [2.24, 2.45) is 5.73 Å². The van der Waals surface area contributed by atoms with Crippen molar-refractivity contribution in [1.29, 1.82) is 0 Å². The van der Waals surface area contributed by atoms with Gasteiger partial charge in [0.2, 0.25) is 0 Å². The van der Waals surface area contributed by atoms with Crippen LogP contribution >= 0.6 is 0 Å². The van der Waals surface area contributed by atoms with Crippen LogP contribution in [0, 0.1) is 5.82 Å². The fourth-order valence-electron chi connectivity index (χ4n) is 1.86. The fraction of sp³-hybridized carbons (Fsp3) is 0.385. The van der Waals surface area contributed by atoms with Gasteiger partial charge in [-0.2, -0.15) is 0 Å². The summed E-state index contributed by atoms with van der Waals surface area (Å²) in [5.74, 6) is 0.424. The molecule has 0 spiro atoms. The molecular weight excluding hydrogens is 205 g/mol. The van der Waals surface area contributed by atoms with Gasteiger partial charge >= 0.3 is 0 Å². The van der Waals surface area contributed by atoms with E-state index in [0.29, 0.717) is 12.3 Å². The first-order chi connectivity index (χ1) is 7.79. The number of rotatable bonds is 3. The first kappa shape index (κ1) is 11.1. The van der Waals surface area contributed by atoms with Gasteiger partial charge in [0.05, 0.1) is 0 Å². The number of hydrogen-bond donors (Lipinski definition) is 1. The zero-order chi connectivity index (χ0) is 11.4. The van der Waals surface area contributed by atoms with E-state index < -0.39 is 0 Å². The fourth-order valence-corrected chi connectivity index (χ4v) is 1.86. The number of hydrogen-bond acceptors (Lipinski definition) is 2. The third-order valence-electron chi connectivity index (χ3n) is 2.73. The summed E-state index contributed by atoms with van der Waals surface area (Å²) in [5.41, 5.74) is 6.28. The van der Waals surface area contributed by atoms with Crippen molar-refractivity contribution in [1.82, 2.24) is 0 Å². The molecule has 0 amide bonds. The number of halogens is 1. The van der Waals surface area contributed by atoms with Crippen molar-refractivity contribution in [3.8, 4) is 5.75 Å². The monoisotopic (exact) mass is 221 g/mol. The van der Waals surface area contributed by atoms with Crippen LogP contribution in [0.1, 0.15) is 24.8 Å². The van der Waals surface area contributed by atoms with Gasteiger partial charge in [0.15, 0.2) is 0 Å². The largest absolute Gasteiger partial charge is 0.486 e. The first-order valence-electron chi connectivity index (χ1n) is 5.61. The van der Waals surface area contributed by atoms with Gasteiger partial charge in [-0.1, -0.05) is 6.08 Å². The van der Waals surface area contributed by atoms with Crippen LogP contribution in [0.15, 0.2) is 30.4 Å². The van der Waals surface area contributed by atoms with Gasteiger partial charge < -0.3 is 10.5 Å². The summed E-state index contributed by atoms with van der Waals surface area (Å²) in [6, 6.07) is 4.49. The molecule has 2 N–H and O–H groups in total. The summed E-state index contributed by atoms with van der Waals surface area (Å²) < 4.78 is 18.8. The van der Waals surface area contributed by atoms with E-state index in [1.807, 2.05) is 0 Å². The van der Waals surface area contributed by atoms with Crippen molar-refractivity contribution in [2.75, 3.05) is 0 Å². The van der Waals surface area contributed by atoms with E-state index in [0.717, 1.165) is 24.8 Å². The van der Waals surface area contributed by atoms with Crippen molar-refractivity contribution in [2.45, 2.75) is 31.9 Å². The van der Waals surface area contributed by atoms with Crippen molar-refractivity contribution in [3.05, 3.63) is 41.7 Å². The van der Waals surface area contributed by atoms with Crippen LogP contribution in [0.4, 0.5) is 4.39 Å². The standard InChI is InChI=1S/C13H16FNO/c14-11-6-7-13(10(8-11)9-15)16-12-4-2-1-3-5-12/h2,4,6-8,12H,1,3,5,9,15H2. The number of allylic oxidation sites excluding steroid dienone is 1. The van der Waals surface area contributed by atoms with Gasteiger partial charge in [-0.15, -0.1) is 0 Å². The van der Waals surface area contributed by atoms with Gasteiger partial charge in [0, 0.05) is 12.1 Å². The molecule has 0 saturated heterocycles. The second-order valence-electron chi connectivity index (χ2n) is 3.97. The SMILES string of the molecule is NCc1cc(F)ccc1OC1C=CCCC1. The number of ether oxygens (including phenoxy) is 1. The van der Waals surface area contributed by atoms with Crippen LogP contribution in [0.3, 0.4) is 0 Å². The van der Waals surface area contributed by atoms with Crippen LogP contribution in [-0.2, 0) is 6.54 Å². The molecule has 0 aromatic heterocycles. The van der Waals surface area contributed by atoms with E-state index in [2.05, 4.69) is 12.2 Å². The number of nitrogens with two attached hydrogens (primary N) is 1. The molecule has 0 heterocycles. The molecule has 1 aliphatic rings. The Morgan fingerprint density at radius 2 is 2.31 bits per heavy atom. The lowest BCUT2D eigenvalue weighted by Gasteiger charge is -2.20. The molecule has 1 aliphatic carbocycles. The average molecular weight is 221 g/mol. The summed E-state index contributed by atoms with van der Waals surface area (Å²) in [4.78, 5) is 0. The molecule has 0 radical (unpaired) electrons. The predicted molar refractivity (Wildman–Crippen MR) is 61.7 cm³/mol. The van der Waals surface area contributed by atoms with Crippen molar-refractivity contribution < 1.29 is 9.13 Å². The highest BCUT2D eigenvalue weighted by Gasteiger charge is 2.12. The second kappa shape index (κ2) is 5.12. The Kier molecular flexibility index (Phi) is 3.57. The van der Waals surface area contributed by atoms with E-state index in [4.69, 9.17) is 10.5 Å². The minimum atomic E-state index is -0.271. The van der Waals surface area contributed by atoms with E-state index in [-0.39, 0.29) is 11.9 Å². The summed E-state index contributed by atoms with van der Waals surface area (Å²) in [5, 5.41) is 0. The van der Waals surface area contributed by atoms with Crippen LogP contribution in [0.2, 0.25) is 0 Å².